The van der Waals surface area contributed by atoms with E-state index in [1.165, 1.54) is 24.3 Å². The molecule has 0 saturated heterocycles. The van der Waals surface area contributed by atoms with E-state index >= 15 is 0 Å². The second kappa shape index (κ2) is 8.68. The molecule has 0 radical (unpaired) electrons. The molecule has 0 aliphatic carbocycles. The van der Waals surface area contributed by atoms with Gasteiger partial charge in [-0.15, -0.1) is 0 Å². The topological polar surface area (TPSA) is 102 Å². The lowest BCUT2D eigenvalue weighted by Gasteiger charge is -2.09. The van der Waals surface area contributed by atoms with E-state index in [1.807, 2.05) is 4.72 Å². The third-order valence-corrected chi connectivity index (χ3v) is 4.84. The van der Waals surface area contributed by atoms with Crippen LogP contribution in [0.5, 0.6) is 5.75 Å². The van der Waals surface area contributed by atoms with Crippen molar-refractivity contribution in [2.75, 3.05) is 11.9 Å². The van der Waals surface area contributed by atoms with Crippen LogP contribution in [-0.4, -0.2) is 26.8 Å². The predicted octanol–water partition coefficient (Wildman–Crippen LogP) is 2.57. The highest BCUT2D eigenvalue weighted by molar-refractivity contribution is 7.90. The maximum atomic E-state index is 11.9. The standard InChI is InChI=1S/C17H17ClN2O5S/c1-12(21)20-26(23,24)16-8-4-14(5-9-16)19-17(22)10-11-25-15-6-2-13(18)3-7-15/h2-9H,10-11H2,1H3,(H,19,22)(H,20,21). The SMILES string of the molecule is CC(=O)NS(=O)(=O)c1ccc(NC(=O)CCOc2ccc(Cl)cc2)cc1. The van der Waals surface area contributed by atoms with Crippen molar-refractivity contribution in [1.29, 1.82) is 0 Å². The fraction of sp³-hybridized carbons (Fsp3) is 0.176. The van der Waals surface area contributed by atoms with Crippen molar-refractivity contribution in [2.24, 2.45) is 0 Å². The smallest absolute Gasteiger partial charge is 0.264 e. The number of benzene rings is 2. The minimum Gasteiger partial charge on any atom is -0.493 e. The number of halogens is 1. The van der Waals surface area contributed by atoms with Gasteiger partial charge in [-0.2, -0.15) is 0 Å². The van der Waals surface area contributed by atoms with Gasteiger partial charge >= 0.3 is 0 Å². The summed E-state index contributed by atoms with van der Waals surface area (Å²) in [5.41, 5.74) is 0.434. The van der Waals surface area contributed by atoms with Gasteiger partial charge in [-0.1, -0.05) is 11.6 Å². The van der Waals surface area contributed by atoms with Crippen LogP contribution in [0.2, 0.25) is 5.02 Å². The van der Waals surface area contributed by atoms with E-state index in [9.17, 15) is 18.0 Å². The van der Waals surface area contributed by atoms with Crippen molar-refractivity contribution in [3.8, 4) is 5.75 Å². The van der Waals surface area contributed by atoms with Crippen LogP contribution in [0.3, 0.4) is 0 Å². The Kier molecular flexibility index (Phi) is 6.59. The summed E-state index contributed by atoms with van der Waals surface area (Å²) in [4.78, 5) is 22.7. The number of amides is 2. The minimum absolute atomic E-state index is 0.0724. The Morgan fingerprint density at radius 3 is 2.23 bits per heavy atom. The zero-order chi connectivity index (χ0) is 19.2. The number of carbonyl (C=O) groups is 2. The van der Waals surface area contributed by atoms with Gasteiger partial charge in [0.2, 0.25) is 11.8 Å². The maximum Gasteiger partial charge on any atom is 0.264 e. The third kappa shape index (κ3) is 6.05. The Morgan fingerprint density at radius 1 is 1.04 bits per heavy atom. The number of hydrogen-bond acceptors (Lipinski definition) is 5. The van der Waals surface area contributed by atoms with Gasteiger partial charge in [-0.3, -0.25) is 9.59 Å². The lowest BCUT2D eigenvalue weighted by atomic mass is 10.3. The van der Waals surface area contributed by atoms with Crippen molar-refractivity contribution < 1.29 is 22.7 Å². The first-order valence-electron chi connectivity index (χ1n) is 7.58. The summed E-state index contributed by atoms with van der Waals surface area (Å²) < 4.78 is 31.0. The monoisotopic (exact) mass is 396 g/mol. The average molecular weight is 397 g/mol. The first kappa shape index (κ1) is 19.7. The Bertz CT molecular complexity index is 880. The molecule has 0 spiro atoms. The van der Waals surface area contributed by atoms with Crippen LogP contribution < -0.4 is 14.8 Å². The molecule has 2 amide bonds. The highest BCUT2D eigenvalue weighted by Crippen LogP contribution is 2.16. The van der Waals surface area contributed by atoms with Gasteiger partial charge in [0.05, 0.1) is 17.9 Å². The quantitative estimate of drug-likeness (QED) is 0.748. The van der Waals surface area contributed by atoms with Gasteiger partial charge in [0, 0.05) is 17.6 Å². The fourth-order valence-corrected chi connectivity index (χ4v) is 3.10. The molecule has 0 aliphatic rings. The van der Waals surface area contributed by atoms with Gasteiger partial charge in [0.15, 0.2) is 0 Å². The number of carbonyl (C=O) groups excluding carboxylic acids is 2. The third-order valence-electron chi connectivity index (χ3n) is 3.14. The van der Waals surface area contributed by atoms with Crippen molar-refractivity contribution >= 4 is 39.1 Å². The molecule has 0 heterocycles. The molecule has 0 fully saturated rings. The highest BCUT2D eigenvalue weighted by Gasteiger charge is 2.15. The molecular weight excluding hydrogens is 380 g/mol. The summed E-state index contributed by atoms with van der Waals surface area (Å²) in [5.74, 6) is -0.353. The molecule has 2 rings (SSSR count). The number of rotatable bonds is 7. The zero-order valence-corrected chi connectivity index (χ0v) is 15.4. The minimum atomic E-state index is -3.89. The Morgan fingerprint density at radius 2 is 1.65 bits per heavy atom. The Balaban J connectivity index is 1.85. The van der Waals surface area contributed by atoms with Gasteiger partial charge < -0.3 is 10.1 Å². The van der Waals surface area contributed by atoms with Crippen LogP contribution in [0.15, 0.2) is 53.4 Å². The molecule has 0 atom stereocenters. The molecule has 2 aromatic rings. The molecule has 26 heavy (non-hydrogen) atoms. The lowest BCUT2D eigenvalue weighted by Crippen LogP contribution is -2.28. The first-order valence-corrected chi connectivity index (χ1v) is 9.44. The second-order valence-corrected chi connectivity index (χ2v) is 7.41. The van der Waals surface area contributed by atoms with Gasteiger partial charge in [-0.05, 0) is 48.5 Å². The van der Waals surface area contributed by atoms with E-state index in [-0.39, 0.29) is 23.8 Å². The summed E-state index contributed by atoms with van der Waals surface area (Å²) in [6.07, 6.45) is 0.120. The van der Waals surface area contributed by atoms with E-state index in [0.717, 1.165) is 6.92 Å². The van der Waals surface area contributed by atoms with Crippen LogP contribution >= 0.6 is 11.6 Å². The van der Waals surface area contributed by atoms with E-state index in [0.29, 0.717) is 16.5 Å². The van der Waals surface area contributed by atoms with E-state index in [1.54, 1.807) is 24.3 Å². The van der Waals surface area contributed by atoms with Crippen LogP contribution in [0.25, 0.3) is 0 Å². The molecule has 0 saturated carbocycles. The van der Waals surface area contributed by atoms with Crippen molar-refractivity contribution in [3.05, 3.63) is 53.6 Å². The van der Waals surface area contributed by atoms with E-state index in [4.69, 9.17) is 16.3 Å². The molecule has 2 aromatic carbocycles. The van der Waals surface area contributed by atoms with Crippen LogP contribution in [0.1, 0.15) is 13.3 Å². The number of anilines is 1. The molecule has 0 bridgehead atoms. The highest BCUT2D eigenvalue weighted by atomic mass is 35.5. The fourth-order valence-electron chi connectivity index (χ4n) is 1.98. The molecule has 9 heteroatoms. The van der Waals surface area contributed by atoms with Crippen LogP contribution in [-0.2, 0) is 19.6 Å². The predicted molar refractivity (Wildman–Crippen MR) is 97.6 cm³/mol. The molecule has 0 aromatic heterocycles. The molecule has 0 unspecified atom stereocenters. The molecular formula is C17H17ClN2O5S. The molecule has 2 N–H and O–H groups in total. The normalized spacial score (nSPS) is 10.8. The van der Waals surface area contributed by atoms with E-state index in [2.05, 4.69) is 5.32 Å². The second-order valence-electron chi connectivity index (χ2n) is 5.29. The average Bonchev–Trinajstić information content (AvgIpc) is 2.56. The molecule has 7 nitrogen and oxygen atoms in total. The molecule has 138 valence electrons. The maximum absolute atomic E-state index is 11.9. The summed E-state index contributed by atoms with van der Waals surface area (Å²) in [5, 5.41) is 3.23. The molecule has 0 aliphatic heterocycles. The van der Waals surface area contributed by atoms with Crippen LogP contribution in [0.4, 0.5) is 5.69 Å². The van der Waals surface area contributed by atoms with Crippen LogP contribution in [0, 0.1) is 0 Å². The van der Waals surface area contributed by atoms with Crippen molar-refractivity contribution in [2.45, 2.75) is 18.2 Å². The van der Waals surface area contributed by atoms with Gasteiger partial charge in [0.1, 0.15) is 5.75 Å². The number of ether oxygens (including phenoxy) is 1. The number of nitrogens with one attached hydrogen (secondary N) is 2. The largest absolute Gasteiger partial charge is 0.493 e. The van der Waals surface area contributed by atoms with Crippen molar-refractivity contribution in [1.82, 2.24) is 4.72 Å². The van der Waals surface area contributed by atoms with Gasteiger partial charge in [0.25, 0.3) is 10.0 Å². The number of sulfonamides is 1. The Labute approximate surface area is 156 Å². The summed E-state index contributed by atoms with van der Waals surface area (Å²) in [6, 6.07) is 12.2. The lowest BCUT2D eigenvalue weighted by molar-refractivity contribution is -0.117. The summed E-state index contributed by atoms with van der Waals surface area (Å²) >= 11 is 5.77. The number of hydrogen-bond donors (Lipinski definition) is 2. The summed E-state index contributed by atoms with van der Waals surface area (Å²) in [7, 11) is -3.89. The van der Waals surface area contributed by atoms with Gasteiger partial charge in [-0.25, -0.2) is 13.1 Å². The summed E-state index contributed by atoms with van der Waals surface area (Å²) in [6.45, 7) is 1.29. The van der Waals surface area contributed by atoms with Crippen molar-refractivity contribution in [3.63, 3.8) is 0 Å². The van der Waals surface area contributed by atoms with E-state index < -0.39 is 15.9 Å². The Hall–Kier alpha value is -2.58. The zero-order valence-electron chi connectivity index (χ0n) is 13.9. The first-order chi connectivity index (χ1) is 12.3.